The van der Waals surface area contributed by atoms with Crippen LogP contribution in [0.25, 0.3) is 0 Å². The lowest BCUT2D eigenvalue weighted by molar-refractivity contribution is -0.144. The third-order valence-corrected chi connectivity index (χ3v) is 7.29. The molecule has 1 saturated carbocycles. The fraction of sp³-hybridized carbons (Fsp3) is 0.611. The number of esters is 1. The molecule has 0 amide bonds. The Balaban J connectivity index is 1.91. The number of hydrogen-bond donors (Lipinski definition) is 0. The van der Waals surface area contributed by atoms with Gasteiger partial charge in [-0.05, 0) is 36.8 Å². The van der Waals surface area contributed by atoms with E-state index in [9.17, 15) is 26.4 Å². The zero-order chi connectivity index (χ0) is 19.8. The number of rotatable bonds is 4. The van der Waals surface area contributed by atoms with Gasteiger partial charge in [0, 0.05) is 6.04 Å². The highest BCUT2D eigenvalue weighted by molar-refractivity contribution is 7.88. The lowest BCUT2D eigenvalue weighted by Crippen LogP contribution is -2.46. The Hall–Kier alpha value is -1.61. The molecule has 2 aliphatic rings. The number of ether oxygens (including phenoxy) is 1. The summed E-state index contributed by atoms with van der Waals surface area (Å²) in [6, 6.07) is 3.10. The van der Waals surface area contributed by atoms with E-state index in [1.54, 1.807) is 0 Å². The highest BCUT2D eigenvalue weighted by atomic mass is 32.2. The highest BCUT2D eigenvalue weighted by Crippen LogP contribution is 2.42. The SMILES string of the molecule is COC(=O)C1CC2CCCCC2N1S(=O)(=O)Cc1cccc(C(F)(F)F)c1. The molecule has 3 rings (SSSR count). The number of halogens is 3. The van der Waals surface area contributed by atoms with Gasteiger partial charge in [-0.25, -0.2) is 8.42 Å². The minimum atomic E-state index is -4.55. The molecule has 0 bridgehead atoms. The van der Waals surface area contributed by atoms with Gasteiger partial charge in [-0.15, -0.1) is 0 Å². The number of sulfonamides is 1. The second kappa shape index (κ2) is 7.43. The molecule has 3 unspecified atom stereocenters. The summed E-state index contributed by atoms with van der Waals surface area (Å²) in [5.74, 6) is -1.11. The Labute approximate surface area is 156 Å². The van der Waals surface area contributed by atoms with E-state index in [2.05, 4.69) is 0 Å². The van der Waals surface area contributed by atoms with Crippen LogP contribution in [-0.2, 0) is 31.5 Å². The van der Waals surface area contributed by atoms with Crippen molar-refractivity contribution < 1.29 is 31.1 Å². The van der Waals surface area contributed by atoms with Gasteiger partial charge in [-0.3, -0.25) is 4.79 Å². The van der Waals surface area contributed by atoms with Crippen molar-refractivity contribution in [3.05, 3.63) is 35.4 Å². The number of fused-ring (bicyclic) bond motifs is 1. The van der Waals surface area contributed by atoms with Gasteiger partial charge < -0.3 is 4.74 Å². The predicted octanol–water partition coefficient (Wildman–Crippen LogP) is 3.34. The highest BCUT2D eigenvalue weighted by Gasteiger charge is 2.51. The number of nitrogens with zero attached hydrogens (tertiary/aromatic N) is 1. The van der Waals surface area contributed by atoms with E-state index in [1.165, 1.54) is 23.5 Å². The largest absolute Gasteiger partial charge is 0.468 e. The maximum absolute atomic E-state index is 13.1. The zero-order valence-electron chi connectivity index (χ0n) is 14.9. The Morgan fingerprint density at radius 2 is 1.96 bits per heavy atom. The van der Waals surface area contributed by atoms with Crippen molar-refractivity contribution in [2.24, 2.45) is 5.92 Å². The van der Waals surface area contributed by atoms with Crippen LogP contribution in [0.2, 0.25) is 0 Å². The Morgan fingerprint density at radius 3 is 2.63 bits per heavy atom. The standard InChI is InChI=1S/C18H22F3NO4S/c1-26-17(23)16-10-13-6-2-3-8-15(13)22(16)27(24,25)11-12-5-4-7-14(9-12)18(19,20)21/h4-5,7,9,13,15-16H,2-3,6,8,10-11H2,1H3. The molecule has 27 heavy (non-hydrogen) atoms. The first-order chi connectivity index (χ1) is 12.6. The number of alkyl halides is 3. The van der Waals surface area contributed by atoms with E-state index in [0.717, 1.165) is 31.4 Å². The van der Waals surface area contributed by atoms with Gasteiger partial charge in [-0.1, -0.05) is 31.0 Å². The third kappa shape index (κ3) is 4.13. The summed E-state index contributed by atoms with van der Waals surface area (Å²) in [6.07, 6.45) is -0.801. The van der Waals surface area contributed by atoms with Crippen molar-refractivity contribution in [2.45, 2.75) is 56.1 Å². The van der Waals surface area contributed by atoms with E-state index in [4.69, 9.17) is 4.74 Å². The summed E-state index contributed by atoms with van der Waals surface area (Å²) in [5, 5.41) is 0. The van der Waals surface area contributed by atoms with Crippen LogP contribution < -0.4 is 0 Å². The van der Waals surface area contributed by atoms with Gasteiger partial charge in [0.25, 0.3) is 0 Å². The van der Waals surface area contributed by atoms with Crippen molar-refractivity contribution in [1.29, 1.82) is 0 Å². The van der Waals surface area contributed by atoms with Gasteiger partial charge in [0.15, 0.2) is 0 Å². The van der Waals surface area contributed by atoms with Crippen molar-refractivity contribution in [2.75, 3.05) is 7.11 Å². The molecule has 1 aliphatic heterocycles. The minimum Gasteiger partial charge on any atom is -0.468 e. The van der Waals surface area contributed by atoms with Crippen molar-refractivity contribution in [3.8, 4) is 0 Å². The van der Waals surface area contributed by atoms with Crippen molar-refractivity contribution >= 4 is 16.0 Å². The second-order valence-corrected chi connectivity index (χ2v) is 9.04. The average Bonchev–Trinajstić information content (AvgIpc) is 3.00. The van der Waals surface area contributed by atoms with E-state index in [-0.39, 0.29) is 17.5 Å². The predicted molar refractivity (Wildman–Crippen MR) is 92.1 cm³/mol. The molecule has 150 valence electrons. The van der Waals surface area contributed by atoms with Gasteiger partial charge in [-0.2, -0.15) is 17.5 Å². The molecule has 0 aromatic heterocycles. The first kappa shape index (κ1) is 20.1. The molecule has 0 N–H and O–H groups in total. The Morgan fingerprint density at radius 1 is 1.26 bits per heavy atom. The number of carbonyl (C=O) groups excluding carboxylic acids is 1. The average molecular weight is 405 g/mol. The summed E-state index contributed by atoms with van der Waals surface area (Å²) in [4.78, 5) is 12.2. The van der Waals surface area contributed by atoms with Crippen LogP contribution in [0, 0.1) is 5.92 Å². The van der Waals surface area contributed by atoms with E-state index in [0.29, 0.717) is 12.8 Å². The second-order valence-electron chi connectivity index (χ2n) is 7.17. The Kier molecular flexibility index (Phi) is 5.54. The van der Waals surface area contributed by atoms with Crippen LogP contribution >= 0.6 is 0 Å². The molecule has 2 fully saturated rings. The van der Waals surface area contributed by atoms with Crippen LogP contribution in [0.15, 0.2) is 24.3 Å². The summed E-state index contributed by atoms with van der Waals surface area (Å²) in [6.45, 7) is 0. The number of benzene rings is 1. The molecule has 1 saturated heterocycles. The number of methoxy groups -OCH3 is 1. The summed E-state index contributed by atoms with van der Waals surface area (Å²) < 4.78 is 70.9. The lowest BCUT2D eigenvalue weighted by atomic mass is 9.85. The van der Waals surface area contributed by atoms with E-state index < -0.39 is 39.5 Å². The van der Waals surface area contributed by atoms with Gasteiger partial charge in [0.1, 0.15) is 6.04 Å². The monoisotopic (exact) mass is 405 g/mol. The normalized spacial score (nSPS) is 26.6. The van der Waals surface area contributed by atoms with Crippen molar-refractivity contribution in [1.82, 2.24) is 4.31 Å². The van der Waals surface area contributed by atoms with Crippen LogP contribution in [0.3, 0.4) is 0 Å². The summed E-state index contributed by atoms with van der Waals surface area (Å²) >= 11 is 0. The van der Waals surface area contributed by atoms with E-state index >= 15 is 0 Å². The molecule has 0 radical (unpaired) electrons. The van der Waals surface area contributed by atoms with Crippen LogP contribution in [0.1, 0.15) is 43.2 Å². The fourth-order valence-electron chi connectivity index (χ4n) is 4.28. The zero-order valence-corrected chi connectivity index (χ0v) is 15.7. The molecule has 3 atom stereocenters. The third-order valence-electron chi connectivity index (χ3n) is 5.43. The summed E-state index contributed by atoms with van der Waals surface area (Å²) in [5.41, 5.74) is -0.843. The number of hydrogen-bond acceptors (Lipinski definition) is 4. The fourth-order valence-corrected chi connectivity index (χ4v) is 6.28. The summed E-state index contributed by atoms with van der Waals surface area (Å²) in [7, 11) is -2.77. The molecule has 0 spiro atoms. The molecule has 9 heteroatoms. The molecule has 1 aromatic rings. The van der Waals surface area contributed by atoms with Gasteiger partial charge in [0.2, 0.25) is 10.0 Å². The molecule has 1 heterocycles. The molecule has 5 nitrogen and oxygen atoms in total. The molecular formula is C18H22F3NO4S. The minimum absolute atomic E-state index is 0.0488. The van der Waals surface area contributed by atoms with Gasteiger partial charge in [0.05, 0.1) is 18.4 Å². The van der Waals surface area contributed by atoms with Crippen LogP contribution in [0.4, 0.5) is 13.2 Å². The van der Waals surface area contributed by atoms with Crippen LogP contribution in [-0.4, -0.2) is 37.9 Å². The van der Waals surface area contributed by atoms with Gasteiger partial charge >= 0.3 is 12.1 Å². The molecule has 1 aliphatic carbocycles. The quantitative estimate of drug-likeness (QED) is 0.721. The first-order valence-corrected chi connectivity index (χ1v) is 10.5. The first-order valence-electron chi connectivity index (χ1n) is 8.88. The van der Waals surface area contributed by atoms with Crippen molar-refractivity contribution in [3.63, 3.8) is 0 Å². The topological polar surface area (TPSA) is 63.7 Å². The van der Waals surface area contributed by atoms with Crippen LogP contribution in [0.5, 0.6) is 0 Å². The Bertz CT molecular complexity index is 809. The molecule has 1 aromatic carbocycles. The molecular weight excluding hydrogens is 383 g/mol. The smallest absolute Gasteiger partial charge is 0.416 e. The van der Waals surface area contributed by atoms with E-state index in [1.807, 2.05) is 0 Å². The maximum Gasteiger partial charge on any atom is 0.416 e. The maximum atomic E-state index is 13.1. The number of carbonyl (C=O) groups is 1. The lowest BCUT2D eigenvalue weighted by Gasteiger charge is -2.32.